The molecule has 0 aromatic rings. The van der Waals surface area contributed by atoms with Gasteiger partial charge in [0.25, 0.3) is 0 Å². The van der Waals surface area contributed by atoms with E-state index < -0.39 is 5.54 Å². The van der Waals surface area contributed by atoms with Crippen LogP contribution in [0.3, 0.4) is 0 Å². The lowest BCUT2D eigenvalue weighted by molar-refractivity contribution is -0.0701. The first-order valence-electron chi connectivity index (χ1n) is 3.38. The third-order valence-electron chi connectivity index (χ3n) is 2.33. The maximum atomic E-state index is 11.0. The van der Waals surface area contributed by atoms with E-state index in [2.05, 4.69) is 5.32 Å². The number of amides is 2. The van der Waals surface area contributed by atoms with Gasteiger partial charge in [-0.15, -0.1) is 0 Å². The van der Waals surface area contributed by atoms with Gasteiger partial charge in [0, 0.05) is 7.05 Å². The smallest absolute Gasteiger partial charge is 0.323 e. The molecule has 2 N–H and O–H groups in total. The molecule has 1 spiro atoms. The molecule has 0 aromatic heterocycles. The Kier molecular flexibility index (Phi) is 1.04. The fourth-order valence-corrected chi connectivity index (χ4v) is 1.30. The van der Waals surface area contributed by atoms with Gasteiger partial charge in [0.2, 0.25) is 0 Å². The molecule has 0 aliphatic carbocycles. The van der Waals surface area contributed by atoms with E-state index in [1.54, 1.807) is 7.05 Å². The third-order valence-corrected chi connectivity index (χ3v) is 2.33. The predicted molar refractivity (Wildman–Crippen MR) is 37.6 cm³/mol. The number of hydrogen-bond acceptors (Lipinski definition) is 3. The zero-order valence-electron chi connectivity index (χ0n) is 6.18. The van der Waals surface area contributed by atoms with E-state index in [0.29, 0.717) is 13.2 Å². The van der Waals surface area contributed by atoms with Crippen molar-refractivity contribution in [2.75, 3.05) is 20.3 Å². The second-order valence-electron chi connectivity index (χ2n) is 2.89. The molecule has 2 amide bonds. The van der Waals surface area contributed by atoms with Crippen molar-refractivity contribution in [2.45, 2.75) is 5.54 Å². The van der Waals surface area contributed by atoms with E-state index in [4.69, 9.17) is 10.1 Å². The average Bonchev–Trinajstić information content (AvgIpc) is 2.03. The van der Waals surface area contributed by atoms with Crippen LogP contribution in [-0.4, -0.2) is 42.6 Å². The highest BCUT2D eigenvalue weighted by molar-refractivity contribution is 6.09. The first kappa shape index (κ1) is 6.60. The molecule has 2 aliphatic rings. The number of carbonyl (C=O) groups is 1. The van der Waals surface area contributed by atoms with Crippen molar-refractivity contribution in [3.63, 3.8) is 0 Å². The van der Waals surface area contributed by atoms with Crippen LogP contribution in [0.2, 0.25) is 0 Å². The Labute approximate surface area is 63.8 Å². The molecule has 0 aromatic carbocycles. The van der Waals surface area contributed by atoms with Crippen LogP contribution >= 0.6 is 0 Å². The molecular weight excluding hydrogens is 146 g/mol. The number of hydrogen-bond donors (Lipinski definition) is 2. The van der Waals surface area contributed by atoms with E-state index in [-0.39, 0.29) is 11.9 Å². The van der Waals surface area contributed by atoms with Crippen molar-refractivity contribution >= 4 is 11.9 Å². The monoisotopic (exact) mass is 155 g/mol. The predicted octanol–water partition coefficient (Wildman–Crippen LogP) is -0.612. The fraction of sp³-hybridized carbons (Fsp3) is 0.667. The van der Waals surface area contributed by atoms with Crippen LogP contribution in [0.15, 0.2) is 0 Å². The quantitative estimate of drug-likeness (QED) is 0.490. The Bertz CT molecular complexity index is 234. The van der Waals surface area contributed by atoms with Crippen LogP contribution in [0.5, 0.6) is 0 Å². The average molecular weight is 155 g/mol. The van der Waals surface area contributed by atoms with Crippen molar-refractivity contribution < 1.29 is 9.53 Å². The number of ether oxygens (including phenoxy) is 1. The molecule has 0 saturated carbocycles. The van der Waals surface area contributed by atoms with Crippen LogP contribution in [0.4, 0.5) is 4.79 Å². The van der Waals surface area contributed by atoms with Crippen molar-refractivity contribution in [1.29, 1.82) is 5.41 Å². The van der Waals surface area contributed by atoms with E-state index in [0.717, 1.165) is 0 Å². The molecule has 2 heterocycles. The summed E-state index contributed by atoms with van der Waals surface area (Å²) in [6.45, 7) is 0.891. The summed E-state index contributed by atoms with van der Waals surface area (Å²) in [7, 11) is 1.68. The number of rotatable bonds is 0. The van der Waals surface area contributed by atoms with Gasteiger partial charge in [-0.2, -0.15) is 0 Å². The molecule has 11 heavy (non-hydrogen) atoms. The summed E-state index contributed by atoms with van der Waals surface area (Å²) >= 11 is 0. The number of nitrogens with one attached hydrogen (secondary N) is 2. The van der Waals surface area contributed by atoms with E-state index in [1.807, 2.05) is 0 Å². The van der Waals surface area contributed by atoms with Gasteiger partial charge in [-0.1, -0.05) is 0 Å². The molecule has 5 heteroatoms. The van der Waals surface area contributed by atoms with Gasteiger partial charge in [-0.05, 0) is 0 Å². The molecule has 0 atom stereocenters. The van der Waals surface area contributed by atoms with Crippen LogP contribution < -0.4 is 5.32 Å². The van der Waals surface area contributed by atoms with E-state index in [9.17, 15) is 4.79 Å². The van der Waals surface area contributed by atoms with Gasteiger partial charge >= 0.3 is 6.03 Å². The number of carbonyl (C=O) groups excluding carboxylic acids is 1. The van der Waals surface area contributed by atoms with Crippen LogP contribution in [0, 0.1) is 5.41 Å². The summed E-state index contributed by atoms with van der Waals surface area (Å²) in [5, 5.41) is 9.91. The van der Waals surface area contributed by atoms with Gasteiger partial charge in [0.15, 0.2) is 0 Å². The SMILES string of the molecule is CN1C(=O)NC(=N)C12COC2. The fourth-order valence-electron chi connectivity index (χ4n) is 1.30. The summed E-state index contributed by atoms with van der Waals surface area (Å²) in [5.74, 6) is 0.260. The second-order valence-corrected chi connectivity index (χ2v) is 2.89. The van der Waals surface area contributed by atoms with Gasteiger partial charge in [-0.25, -0.2) is 4.79 Å². The molecular formula is C6H9N3O2. The number of likely N-dealkylation sites (N-methyl/N-ethyl adjacent to an activating group) is 1. The van der Waals surface area contributed by atoms with Gasteiger partial charge in [-0.3, -0.25) is 10.7 Å². The molecule has 5 nitrogen and oxygen atoms in total. The molecule has 2 fully saturated rings. The normalized spacial score (nSPS) is 27.2. The van der Waals surface area contributed by atoms with Crippen molar-refractivity contribution in [3.8, 4) is 0 Å². The van der Waals surface area contributed by atoms with Crippen molar-refractivity contribution in [3.05, 3.63) is 0 Å². The summed E-state index contributed by atoms with van der Waals surface area (Å²) in [6, 6.07) is -0.210. The maximum absolute atomic E-state index is 11.0. The van der Waals surface area contributed by atoms with Crippen LogP contribution in [0.25, 0.3) is 0 Å². The first-order valence-corrected chi connectivity index (χ1v) is 3.38. The number of nitrogens with zero attached hydrogens (tertiary/aromatic N) is 1. The zero-order valence-corrected chi connectivity index (χ0v) is 6.18. The topological polar surface area (TPSA) is 65.4 Å². The van der Waals surface area contributed by atoms with E-state index in [1.165, 1.54) is 4.90 Å². The highest BCUT2D eigenvalue weighted by Gasteiger charge is 2.53. The molecule has 0 unspecified atom stereocenters. The Morgan fingerprint density at radius 2 is 2.36 bits per heavy atom. The third kappa shape index (κ3) is 0.586. The second kappa shape index (κ2) is 1.73. The molecule has 0 radical (unpaired) electrons. The highest BCUT2D eigenvalue weighted by atomic mass is 16.5. The van der Waals surface area contributed by atoms with E-state index >= 15 is 0 Å². The van der Waals surface area contributed by atoms with Crippen LogP contribution in [-0.2, 0) is 4.74 Å². The summed E-state index contributed by atoms with van der Waals surface area (Å²) < 4.78 is 4.97. The minimum Gasteiger partial charge on any atom is -0.375 e. The summed E-state index contributed by atoms with van der Waals surface area (Å²) in [6.07, 6.45) is 0. The zero-order chi connectivity index (χ0) is 8.06. The minimum absolute atomic E-state index is 0.210. The molecule has 2 saturated heterocycles. The molecule has 0 bridgehead atoms. The lowest BCUT2D eigenvalue weighted by Crippen LogP contribution is -2.62. The van der Waals surface area contributed by atoms with Crippen LogP contribution in [0.1, 0.15) is 0 Å². The lowest BCUT2D eigenvalue weighted by Gasteiger charge is -2.41. The first-order chi connectivity index (χ1) is 5.17. The van der Waals surface area contributed by atoms with Gasteiger partial charge in [0.05, 0.1) is 13.2 Å². The largest absolute Gasteiger partial charge is 0.375 e. The Balaban J connectivity index is 2.32. The van der Waals surface area contributed by atoms with Crippen molar-refractivity contribution in [1.82, 2.24) is 10.2 Å². The highest BCUT2D eigenvalue weighted by Crippen LogP contribution is 2.28. The maximum Gasteiger partial charge on any atom is 0.323 e. The Morgan fingerprint density at radius 1 is 1.73 bits per heavy atom. The van der Waals surface area contributed by atoms with Crippen molar-refractivity contribution in [2.24, 2.45) is 0 Å². The number of urea groups is 1. The summed E-state index contributed by atoms with van der Waals surface area (Å²) in [5.41, 5.74) is -0.461. The van der Waals surface area contributed by atoms with Gasteiger partial charge < -0.3 is 9.64 Å². The molecule has 60 valence electrons. The lowest BCUT2D eigenvalue weighted by atomic mass is 9.96. The summed E-state index contributed by atoms with van der Waals surface area (Å²) in [4.78, 5) is 12.5. The Morgan fingerprint density at radius 3 is 2.55 bits per heavy atom. The minimum atomic E-state index is -0.461. The van der Waals surface area contributed by atoms with Gasteiger partial charge in [0.1, 0.15) is 11.4 Å². The molecule has 2 rings (SSSR count). The Hall–Kier alpha value is -1.10. The standard InChI is InChI=1S/C6H9N3O2/c1-9-5(10)8-4(7)6(9)2-11-3-6/h2-3H2,1H3,(H2,7,8,10). The number of amidine groups is 1. The molecule has 2 aliphatic heterocycles.